The van der Waals surface area contributed by atoms with Crippen molar-refractivity contribution in [2.75, 3.05) is 57.8 Å². The van der Waals surface area contributed by atoms with Gasteiger partial charge in [-0.3, -0.25) is 14.7 Å². The molecule has 2 N–H and O–H groups in total. The number of morpholine rings is 1. The van der Waals surface area contributed by atoms with Crippen LogP contribution in [0, 0.1) is 5.41 Å². The van der Waals surface area contributed by atoms with Gasteiger partial charge in [0.05, 0.1) is 24.5 Å². The summed E-state index contributed by atoms with van der Waals surface area (Å²) >= 11 is 0. The van der Waals surface area contributed by atoms with Gasteiger partial charge >= 0.3 is 0 Å². The van der Waals surface area contributed by atoms with Gasteiger partial charge in [-0.2, -0.15) is 0 Å². The first-order valence-electron chi connectivity index (χ1n) is 16.1. The molecule has 5 heterocycles. The number of likely N-dealkylation sites (N-methyl/N-ethyl adjacent to an activating group) is 1. The highest BCUT2D eigenvalue weighted by molar-refractivity contribution is 5.96. The molecule has 1 saturated carbocycles. The molecule has 1 aromatic carbocycles. The van der Waals surface area contributed by atoms with E-state index in [1.54, 1.807) is 12.3 Å². The lowest BCUT2D eigenvalue weighted by atomic mass is 9.61. The predicted octanol–water partition coefficient (Wildman–Crippen LogP) is 3.62. The van der Waals surface area contributed by atoms with Gasteiger partial charge in [0, 0.05) is 75.1 Å². The number of aromatic nitrogens is 3. The first kappa shape index (κ1) is 29.9. The van der Waals surface area contributed by atoms with E-state index in [-0.39, 0.29) is 23.5 Å². The summed E-state index contributed by atoms with van der Waals surface area (Å²) in [5.74, 6) is 2.32. The topological polar surface area (TPSA) is 119 Å². The maximum atomic E-state index is 12.2. The van der Waals surface area contributed by atoms with Gasteiger partial charge in [0.1, 0.15) is 23.9 Å². The minimum Gasteiger partial charge on any atom is -0.490 e. The maximum absolute atomic E-state index is 12.2. The van der Waals surface area contributed by atoms with Gasteiger partial charge in [-0.1, -0.05) is 26.0 Å². The Morgan fingerprint density at radius 2 is 2.00 bits per heavy atom. The Bertz CT molecular complexity index is 1550. The van der Waals surface area contributed by atoms with Crippen LogP contribution in [0.25, 0.3) is 0 Å². The van der Waals surface area contributed by atoms with Crippen LogP contribution in [-0.4, -0.2) is 95.8 Å². The summed E-state index contributed by atoms with van der Waals surface area (Å²) in [6.07, 6.45) is 8.45. The molecule has 0 bridgehead atoms. The molecule has 0 radical (unpaired) electrons. The smallest absolute Gasteiger partial charge is 0.252 e. The van der Waals surface area contributed by atoms with Crippen LogP contribution in [0.1, 0.15) is 59.8 Å². The van der Waals surface area contributed by atoms with E-state index < -0.39 is 5.91 Å². The Balaban J connectivity index is 0.980. The zero-order valence-electron chi connectivity index (χ0n) is 26.4. The fourth-order valence-corrected chi connectivity index (χ4v) is 7.39. The number of benzene rings is 1. The van der Waals surface area contributed by atoms with Crippen molar-refractivity contribution in [1.82, 2.24) is 24.8 Å². The van der Waals surface area contributed by atoms with E-state index >= 15 is 0 Å². The molecular formula is C34H43N7O4. The number of anilines is 1. The third kappa shape index (κ3) is 6.08. The van der Waals surface area contributed by atoms with Gasteiger partial charge in [-0.05, 0) is 43.5 Å². The zero-order chi connectivity index (χ0) is 31.1. The normalized spacial score (nSPS) is 21.7. The number of nitrogens with zero attached hydrogens (tertiary/aromatic N) is 6. The monoisotopic (exact) mass is 613 g/mol. The van der Waals surface area contributed by atoms with Crippen LogP contribution in [0.3, 0.4) is 0 Å². The third-order valence-electron chi connectivity index (χ3n) is 9.72. The number of rotatable bonds is 9. The van der Waals surface area contributed by atoms with Gasteiger partial charge in [0.2, 0.25) is 0 Å². The molecule has 2 aromatic heterocycles. The SMILES string of the molecule is CC(C)c1cccc(C(N)=O)c1Oc1cncnc1N1CC2(CC(Oc3ccnc4c3CN(CC3CN(C)CCO3)CC4)C2)C1. The molecule has 2 saturated heterocycles. The molecular weight excluding hydrogens is 570 g/mol. The van der Waals surface area contributed by atoms with Gasteiger partial charge in [0.15, 0.2) is 11.6 Å². The first-order valence-corrected chi connectivity index (χ1v) is 16.1. The molecule has 3 aliphatic heterocycles. The Morgan fingerprint density at radius 1 is 1.16 bits per heavy atom. The summed E-state index contributed by atoms with van der Waals surface area (Å²) in [7, 11) is 2.16. The quantitative estimate of drug-likeness (QED) is 0.383. The highest BCUT2D eigenvalue weighted by Crippen LogP contribution is 2.52. The number of para-hydroxylation sites is 1. The molecule has 45 heavy (non-hydrogen) atoms. The molecule has 4 aliphatic rings. The largest absolute Gasteiger partial charge is 0.490 e. The zero-order valence-corrected chi connectivity index (χ0v) is 26.4. The fourth-order valence-electron chi connectivity index (χ4n) is 7.39. The van der Waals surface area contributed by atoms with E-state index in [1.165, 1.54) is 11.9 Å². The highest BCUT2D eigenvalue weighted by Gasteiger charge is 2.54. The average molecular weight is 614 g/mol. The van der Waals surface area contributed by atoms with Gasteiger partial charge in [0.25, 0.3) is 5.91 Å². The summed E-state index contributed by atoms with van der Waals surface area (Å²) in [5, 5.41) is 0. The molecule has 1 spiro atoms. The van der Waals surface area contributed by atoms with Crippen LogP contribution in [0.15, 0.2) is 43.0 Å². The molecule has 7 rings (SSSR count). The van der Waals surface area contributed by atoms with Crippen LogP contribution in [0.2, 0.25) is 0 Å². The number of hydrogen-bond donors (Lipinski definition) is 1. The number of carbonyl (C=O) groups excluding carboxylic acids is 1. The molecule has 1 atom stereocenters. The molecule has 3 fully saturated rings. The lowest BCUT2D eigenvalue weighted by Crippen LogP contribution is -2.65. The molecule has 1 aliphatic carbocycles. The van der Waals surface area contributed by atoms with E-state index in [4.69, 9.17) is 19.9 Å². The minimum atomic E-state index is -0.524. The van der Waals surface area contributed by atoms with Crippen molar-refractivity contribution in [3.63, 3.8) is 0 Å². The average Bonchev–Trinajstić information content (AvgIpc) is 2.98. The van der Waals surface area contributed by atoms with Gasteiger partial charge < -0.3 is 29.7 Å². The lowest BCUT2D eigenvalue weighted by molar-refractivity contribution is -0.0403. The van der Waals surface area contributed by atoms with Gasteiger partial charge in [-0.15, -0.1) is 0 Å². The summed E-state index contributed by atoms with van der Waals surface area (Å²) in [6.45, 7) is 11.4. The van der Waals surface area contributed by atoms with Crippen LogP contribution in [0.4, 0.5) is 5.82 Å². The van der Waals surface area contributed by atoms with E-state index in [1.807, 2.05) is 24.4 Å². The first-order chi connectivity index (χ1) is 21.8. The number of ether oxygens (including phenoxy) is 3. The Morgan fingerprint density at radius 3 is 2.78 bits per heavy atom. The predicted molar refractivity (Wildman–Crippen MR) is 170 cm³/mol. The molecule has 1 unspecified atom stereocenters. The number of carbonyl (C=O) groups is 1. The second-order valence-electron chi connectivity index (χ2n) is 13.5. The maximum Gasteiger partial charge on any atom is 0.252 e. The van der Waals surface area contributed by atoms with Crippen LogP contribution in [0.5, 0.6) is 17.2 Å². The van der Waals surface area contributed by atoms with Gasteiger partial charge in [-0.25, -0.2) is 9.97 Å². The molecule has 11 heteroatoms. The van der Waals surface area contributed by atoms with Crippen molar-refractivity contribution >= 4 is 11.7 Å². The number of pyridine rings is 1. The minimum absolute atomic E-state index is 0.147. The summed E-state index contributed by atoms with van der Waals surface area (Å²) in [4.78, 5) is 32.8. The van der Waals surface area contributed by atoms with Crippen LogP contribution in [-0.2, 0) is 17.7 Å². The second-order valence-corrected chi connectivity index (χ2v) is 13.5. The van der Waals surface area contributed by atoms with E-state index in [0.717, 1.165) is 94.5 Å². The molecule has 1 amide bonds. The molecule has 3 aromatic rings. The fraction of sp³-hybridized carbons (Fsp3) is 0.529. The Hall–Kier alpha value is -3.80. The lowest BCUT2D eigenvalue weighted by Gasteiger charge is -2.59. The van der Waals surface area contributed by atoms with Crippen molar-refractivity contribution in [3.8, 4) is 17.2 Å². The number of amides is 1. The van der Waals surface area contributed by atoms with E-state index in [2.05, 4.69) is 50.5 Å². The molecule has 11 nitrogen and oxygen atoms in total. The van der Waals surface area contributed by atoms with E-state index in [0.29, 0.717) is 17.1 Å². The highest BCUT2D eigenvalue weighted by atomic mass is 16.5. The van der Waals surface area contributed by atoms with Crippen molar-refractivity contribution in [2.45, 2.75) is 57.8 Å². The summed E-state index contributed by atoms with van der Waals surface area (Å²) in [6, 6.07) is 7.53. The van der Waals surface area contributed by atoms with E-state index in [9.17, 15) is 4.79 Å². The second kappa shape index (κ2) is 12.2. The Kier molecular flexibility index (Phi) is 8.09. The van der Waals surface area contributed by atoms with Crippen molar-refractivity contribution in [2.24, 2.45) is 11.1 Å². The number of nitrogens with two attached hydrogens (primary N) is 1. The van der Waals surface area contributed by atoms with Crippen molar-refractivity contribution in [1.29, 1.82) is 0 Å². The number of hydrogen-bond acceptors (Lipinski definition) is 10. The summed E-state index contributed by atoms with van der Waals surface area (Å²) in [5.41, 5.74) is 9.55. The number of primary amides is 1. The standard InChI is InChI=1S/C34H43N7O4/c1-22(2)25-5-4-6-26(32(35)42)31(25)45-30-15-36-21-38-33(30)41-19-34(20-41)13-23(14-34)44-29-7-9-37-28-8-10-40(18-27(28)29)17-24-16-39(3)11-12-43-24/h4-7,9,15,21-24H,8,10-14,16-20H2,1-3H3,(H2,35,42). The van der Waals surface area contributed by atoms with Crippen LogP contribution < -0.4 is 20.1 Å². The molecule has 238 valence electrons. The number of fused-ring (bicyclic) bond motifs is 1. The third-order valence-corrected chi connectivity index (χ3v) is 9.72. The van der Waals surface area contributed by atoms with Crippen LogP contribution >= 0.6 is 0 Å². The van der Waals surface area contributed by atoms with Crippen molar-refractivity contribution in [3.05, 3.63) is 65.4 Å². The Labute approximate surface area is 264 Å². The summed E-state index contributed by atoms with van der Waals surface area (Å²) < 4.78 is 19.0. The van der Waals surface area contributed by atoms with Crippen molar-refractivity contribution < 1.29 is 19.0 Å².